The first-order valence-corrected chi connectivity index (χ1v) is 9.34. The second kappa shape index (κ2) is 11.1. The van der Waals surface area contributed by atoms with Gasteiger partial charge in [0.15, 0.2) is 0 Å². The van der Waals surface area contributed by atoms with Gasteiger partial charge < -0.3 is 15.1 Å². The molecule has 30 heavy (non-hydrogen) atoms. The van der Waals surface area contributed by atoms with Crippen molar-refractivity contribution in [2.24, 2.45) is 0 Å². The van der Waals surface area contributed by atoms with Gasteiger partial charge >= 0.3 is 11.9 Å². The predicted molar refractivity (Wildman–Crippen MR) is 117 cm³/mol. The Morgan fingerprint density at radius 2 is 1.80 bits per heavy atom. The zero-order valence-corrected chi connectivity index (χ0v) is 16.6. The number of allylic oxidation sites excluding steroid dienone is 1. The van der Waals surface area contributed by atoms with Crippen molar-refractivity contribution >= 4 is 17.5 Å². The molecule has 0 saturated heterocycles. The van der Waals surface area contributed by atoms with Gasteiger partial charge in [-0.25, -0.2) is 9.59 Å². The summed E-state index contributed by atoms with van der Waals surface area (Å²) in [6.45, 7) is -3.28. The minimum atomic E-state index is -2.66. The second-order valence-corrected chi connectivity index (χ2v) is 6.74. The normalized spacial score (nSPS) is 17.5. The molecule has 1 heterocycles. The molecule has 6 nitrogen and oxygen atoms in total. The summed E-state index contributed by atoms with van der Waals surface area (Å²) in [5, 5.41) is 15.6. The minimum Gasteiger partial charge on any atom is -0.478 e. The first kappa shape index (κ1) is 15.6. The third-order valence-corrected chi connectivity index (χ3v) is 4.66. The van der Waals surface area contributed by atoms with E-state index in [1.807, 2.05) is 30.3 Å². The van der Waals surface area contributed by atoms with Crippen molar-refractivity contribution in [1.82, 2.24) is 9.88 Å². The molecule has 158 valence electrons. The van der Waals surface area contributed by atoms with Crippen LogP contribution in [-0.2, 0) is 16.0 Å². The Bertz CT molecular complexity index is 1100. The van der Waals surface area contributed by atoms with E-state index in [-0.39, 0.29) is 12.5 Å². The average Bonchev–Trinajstić information content (AvgIpc) is 3.14. The van der Waals surface area contributed by atoms with E-state index in [2.05, 4.69) is 24.0 Å². The molecule has 3 rings (SSSR count). The first-order valence-electron chi connectivity index (χ1n) is 12.3. The van der Waals surface area contributed by atoms with Crippen LogP contribution in [-0.4, -0.2) is 52.5 Å². The SMILES string of the molecule is O=C(O)/C=C\C(=O)O.[2H]C([2H])([2H])N(CCC1=C(C(C)c2ccccn2)c2ccccc2C1)C([2H])([2H])[2H]. The van der Waals surface area contributed by atoms with Crippen LogP contribution >= 0.6 is 0 Å². The van der Waals surface area contributed by atoms with Crippen molar-refractivity contribution in [2.45, 2.75) is 25.7 Å². The highest BCUT2D eigenvalue weighted by molar-refractivity contribution is 5.89. The number of hydrogen-bond acceptors (Lipinski definition) is 4. The summed E-state index contributed by atoms with van der Waals surface area (Å²) >= 11 is 0. The number of nitrogens with zero attached hydrogens (tertiary/aromatic N) is 2. The molecule has 1 aromatic carbocycles. The fourth-order valence-electron chi connectivity index (χ4n) is 3.38. The number of fused-ring (bicyclic) bond motifs is 1. The molecule has 0 radical (unpaired) electrons. The smallest absolute Gasteiger partial charge is 0.328 e. The van der Waals surface area contributed by atoms with Crippen molar-refractivity contribution in [3.05, 3.63) is 83.2 Å². The Kier molecular flexibility index (Phi) is 5.75. The zero-order chi connectivity index (χ0) is 27.1. The molecule has 0 spiro atoms. The standard InChI is InChI=1S/C20H24N2.C4H4O4/c1-15(19-10-6-7-12-21-19)20-17(11-13-22(2)3)14-16-8-4-5-9-18(16)20;5-3(6)1-2-4(7)8/h4-10,12,15H,11,13-14H2,1-3H3;1-2H,(H,5,6)(H,7,8)/b;2-1-/i2D3,3D3;. The third kappa shape index (κ3) is 6.67. The van der Waals surface area contributed by atoms with Gasteiger partial charge in [-0.05, 0) is 55.6 Å². The molecule has 0 bridgehead atoms. The van der Waals surface area contributed by atoms with Gasteiger partial charge in [0.2, 0.25) is 0 Å². The third-order valence-electron chi connectivity index (χ3n) is 4.66. The van der Waals surface area contributed by atoms with E-state index >= 15 is 0 Å². The van der Waals surface area contributed by atoms with E-state index in [4.69, 9.17) is 18.4 Å². The molecule has 6 heteroatoms. The van der Waals surface area contributed by atoms with E-state index in [1.54, 1.807) is 6.20 Å². The average molecular weight is 415 g/mol. The fourth-order valence-corrected chi connectivity index (χ4v) is 3.38. The van der Waals surface area contributed by atoms with E-state index in [0.717, 1.165) is 22.4 Å². The molecule has 0 aliphatic heterocycles. The lowest BCUT2D eigenvalue weighted by Crippen LogP contribution is -2.14. The van der Waals surface area contributed by atoms with Crippen LogP contribution in [0.25, 0.3) is 5.57 Å². The summed E-state index contributed by atoms with van der Waals surface area (Å²) in [5.74, 6) is -2.48. The van der Waals surface area contributed by atoms with Gasteiger partial charge in [0.25, 0.3) is 0 Å². The van der Waals surface area contributed by atoms with Crippen LogP contribution in [0.5, 0.6) is 0 Å². The zero-order valence-electron chi connectivity index (χ0n) is 22.6. The summed E-state index contributed by atoms with van der Waals surface area (Å²) < 4.78 is 45.5. The van der Waals surface area contributed by atoms with Crippen molar-refractivity contribution in [3.63, 3.8) is 0 Å². The largest absolute Gasteiger partial charge is 0.478 e. The van der Waals surface area contributed by atoms with Crippen LogP contribution in [0.4, 0.5) is 0 Å². The second-order valence-electron chi connectivity index (χ2n) is 6.74. The monoisotopic (exact) mass is 414 g/mol. The molecular weight excluding hydrogens is 380 g/mol. The number of aromatic nitrogens is 1. The number of rotatable bonds is 7. The molecule has 0 fully saturated rings. The molecule has 2 aromatic rings. The molecule has 1 unspecified atom stereocenters. The van der Waals surface area contributed by atoms with Crippen LogP contribution in [0.1, 0.15) is 44.3 Å². The number of carboxylic acids is 2. The summed E-state index contributed by atoms with van der Waals surface area (Å²) in [6, 6.07) is 13.9. The Morgan fingerprint density at radius 1 is 1.13 bits per heavy atom. The van der Waals surface area contributed by atoms with Gasteiger partial charge in [-0.2, -0.15) is 0 Å². The van der Waals surface area contributed by atoms with E-state index in [1.165, 1.54) is 5.56 Å². The lowest BCUT2D eigenvalue weighted by Gasteiger charge is -2.18. The summed E-state index contributed by atoms with van der Waals surface area (Å²) in [6.07, 6.45) is 3.97. The highest BCUT2D eigenvalue weighted by atomic mass is 16.4. The number of carbonyl (C=O) groups is 2. The maximum absolute atomic E-state index is 9.55. The highest BCUT2D eigenvalue weighted by Crippen LogP contribution is 2.42. The van der Waals surface area contributed by atoms with Crippen molar-refractivity contribution in [2.75, 3.05) is 20.5 Å². The Morgan fingerprint density at radius 3 is 2.40 bits per heavy atom. The maximum atomic E-state index is 9.55. The topological polar surface area (TPSA) is 90.7 Å². The number of benzene rings is 1. The maximum Gasteiger partial charge on any atom is 0.328 e. The highest BCUT2D eigenvalue weighted by Gasteiger charge is 2.26. The number of hydrogen-bond donors (Lipinski definition) is 2. The number of pyridine rings is 1. The fraction of sp³-hybridized carbons (Fsp3) is 0.292. The minimum absolute atomic E-state index is 0.0359. The van der Waals surface area contributed by atoms with Crippen molar-refractivity contribution < 1.29 is 28.0 Å². The van der Waals surface area contributed by atoms with Crippen LogP contribution in [0.3, 0.4) is 0 Å². The summed E-state index contributed by atoms with van der Waals surface area (Å²) in [7, 11) is 0. The van der Waals surface area contributed by atoms with E-state index in [9.17, 15) is 9.59 Å². The van der Waals surface area contributed by atoms with Gasteiger partial charge in [-0.15, -0.1) is 0 Å². The summed E-state index contributed by atoms with van der Waals surface area (Å²) in [4.78, 5) is 24.2. The van der Waals surface area contributed by atoms with Crippen molar-refractivity contribution in [1.29, 1.82) is 0 Å². The van der Waals surface area contributed by atoms with Crippen LogP contribution in [0, 0.1) is 0 Å². The first-order chi connectivity index (χ1) is 16.7. The Hall–Kier alpha value is -3.25. The molecule has 1 aliphatic rings. The Labute approximate surface area is 185 Å². The van der Waals surface area contributed by atoms with Gasteiger partial charge in [0, 0.05) is 44.7 Å². The van der Waals surface area contributed by atoms with Gasteiger partial charge in [0.05, 0.1) is 0 Å². The molecule has 2 N–H and O–H groups in total. The van der Waals surface area contributed by atoms with Crippen LogP contribution in [0.2, 0.25) is 0 Å². The molecular formula is C24H28N2O4. The molecule has 1 atom stereocenters. The summed E-state index contributed by atoms with van der Waals surface area (Å²) in [5.41, 5.74) is 5.48. The van der Waals surface area contributed by atoms with E-state index in [0.29, 0.717) is 29.9 Å². The Balaban J connectivity index is 0.000000493. The van der Waals surface area contributed by atoms with Gasteiger partial charge in [-0.1, -0.05) is 42.8 Å². The predicted octanol–water partition coefficient (Wildman–Crippen LogP) is 3.86. The quantitative estimate of drug-likeness (QED) is 0.669. The number of carboxylic acid groups (broad SMARTS) is 2. The van der Waals surface area contributed by atoms with Gasteiger partial charge in [-0.3, -0.25) is 4.98 Å². The lowest BCUT2D eigenvalue weighted by molar-refractivity contribution is -0.134. The molecule has 0 amide bonds. The molecule has 1 aromatic heterocycles. The van der Waals surface area contributed by atoms with E-state index < -0.39 is 25.9 Å². The number of aliphatic carboxylic acids is 2. The lowest BCUT2D eigenvalue weighted by atomic mass is 9.89. The van der Waals surface area contributed by atoms with Gasteiger partial charge in [0.1, 0.15) is 0 Å². The van der Waals surface area contributed by atoms with Crippen molar-refractivity contribution in [3.8, 4) is 0 Å². The molecule has 1 aliphatic carbocycles. The molecule has 0 saturated carbocycles. The van der Waals surface area contributed by atoms with Crippen LogP contribution < -0.4 is 0 Å². The van der Waals surface area contributed by atoms with Crippen LogP contribution in [0.15, 0.2) is 66.4 Å².